The van der Waals surface area contributed by atoms with Crippen LogP contribution in [0.3, 0.4) is 0 Å². The van der Waals surface area contributed by atoms with Gasteiger partial charge in [0.2, 0.25) is 5.91 Å². The lowest BCUT2D eigenvalue weighted by Crippen LogP contribution is -2.32. The van der Waals surface area contributed by atoms with Crippen molar-refractivity contribution in [2.45, 2.75) is 13.0 Å². The standard InChI is InChI=1S/C10H12Cl2N2O.ClH/c1-6(14-10(15)5-13)7-2-3-8(11)9(12)4-7;/h2-4,6H,5,13H2,1H3,(H,14,15);1H. The van der Waals surface area contributed by atoms with E-state index < -0.39 is 0 Å². The molecular weight excluding hydrogens is 270 g/mol. The topological polar surface area (TPSA) is 55.1 Å². The van der Waals surface area contributed by atoms with Crippen LogP contribution in [-0.4, -0.2) is 12.5 Å². The Morgan fingerprint density at radius 1 is 1.44 bits per heavy atom. The molecule has 1 aromatic carbocycles. The van der Waals surface area contributed by atoms with E-state index in [1.54, 1.807) is 12.1 Å². The lowest BCUT2D eigenvalue weighted by atomic mass is 10.1. The van der Waals surface area contributed by atoms with E-state index in [2.05, 4.69) is 5.32 Å². The lowest BCUT2D eigenvalue weighted by Gasteiger charge is -2.14. The van der Waals surface area contributed by atoms with Crippen LogP contribution >= 0.6 is 35.6 Å². The van der Waals surface area contributed by atoms with Gasteiger partial charge in [0, 0.05) is 0 Å². The zero-order valence-electron chi connectivity index (χ0n) is 8.67. The minimum absolute atomic E-state index is 0. The molecule has 0 saturated heterocycles. The molecule has 1 atom stereocenters. The maximum atomic E-state index is 11.1. The fraction of sp³-hybridized carbons (Fsp3) is 0.300. The van der Waals surface area contributed by atoms with Gasteiger partial charge in [-0.05, 0) is 24.6 Å². The van der Waals surface area contributed by atoms with E-state index in [4.69, 9.17) is 28.9 Å². The molecular formula is C10H13Cl3N2O. The fourth-order valence-corrected chi connectivity index (χ4v) is 1.47. The molecule has 0 radical (unpaired) electrons. The average Bonchev–Trinajstić information content (AvgIpc) is 2.21. The number of hydrogen-bond donors (Lipinski definition) is 2. The van der Waals surface area contributed by atoms with Gasteiger partial charge in [-0.2, -0.15) is 0 Å². The molecule has 0 aliphatic heterocycles. The number of amides is 1. The molecule has 3 N–H and O–H groups in total. The Labute approximate surface area is 111 Å². The van der Waals surface area contributed by atoms with Crippen LogP contribution < -0.4 is 11.1 Å². The predicted molar refractivity (Wildman–Crippen MR) is 69.3 cm³/mol. The number of nitrogens with two attached hydrogens (primary N) is 1. The number of rotatable bonds is 3. The van der Waals surface area contributed by atoms with Crippen LogP contribution in [0.1, 0.15) is 18.5 Å². The minimum atomic E-state index is -0.200. The van der Waals surface area contributed by atoms with Gasteiger partial charge in [0.05, 0.1) is 22.6 Å². The molecule has 0 spiro atoms. The zero-order chi connectivity index (χ0) is 11.4. The maximum Gasteiger partial charge on any atom is 0.234 e. The minimum Gasteiger partial charge on any atom is -0.348 e. The Morgan fingerprint density at radius 3 is 2.56 bits per heavy atom. The van der Waals surface area contributed by atoms with Crippen molar-refractivity contribution in [2.75, 3.05) is 6.54 Å². The third-order valence-electron chi connectivity index (χ3n) is 2.01. The second-order valence-corrected chi connectivity index (χ2v) is 3.98. The van der Waals surface area contributed by atoms with Gasteiger partial charge in [-0.3, -0.25) is 4.79 Å². The van der Waals surface area contributed by atoms with Gasteiger partial charge in [0.15, 0.2) is 0 Å². The molecule has 0 heterocycles. The fourth-order valence-electron chi connectivity index (χ4n) is 1.17. The Hall–Kier alpha value is -0.480. The smallest absolute Gasteiger partial charge is 0.234 e. The summed E-state index contributed by atoms with van der Waals surface area (Å²) in [6, 6.07) is 5.11. The summed E-state index contributed by atoms with van der Waals surface area (Å²) in [6.07, 6.45) is 0. The van der Waals surface area contributed by atoms with E-state index in [0.717, 1.165) is 5.56 Å². The van der Waals surface area contributed by atoms with Crippen LogP contribution in [0.5, 0.6) is 0 Å². The number of benzene rings is 1. The summed E-state index contributed by atoms with van der Waals surface area (Å²) in [7, 11) is 0. The highest BCUT2D eigenvalue weighted by atomic mass is 35.5. The van der Waals surface area contributed by atoms with E-state index >= 15 is 0 Å². The van der Waals surface area contributed by atoms with E-state index in [1.165, 1.54) is 0 Å². The summed E-state index contributed by atoms with van der Waals surface area (Å²) in [4.78, 5) is 11.1. The van der Waals surface area contributed by atoms with Crippen LogP contribution in [-0.2, 0) is 4.79 Å². The monoisotopic (exact) mass is 282 g/mol. The predicted octanol–water partition coefficient (Wildman–Crippen LogP) is 2.55. The highest BCUT2D eigenvalue weighted by Gasteiger charge is 2.09. The molecule has 1 amide bonds. The van der Waals surface area contributed by atoms with Gasteiger partial charge in [-0.25, -0.2) is 0 Å². The Bertz CT molecular complexity index is 371. The third kappa shape index (κ3) is 4.18. The molecule has 0 aliphatic rings. The van der Waals surface area contributed by atoms with Crippen molar-refractivity contribution in [3.8, 4) is 0 Å². The SMILES string of the molecule is CC(NC(=O)CN)c1ccc(Cl)c(Cl)c1.Cl. The Kier molecular flexibility index (Phi) is 6.76. The van der Waals surface area contributed by atoms with Crippen LogP contribution in [0, 0.1) is 0 Å². The molecule has 3 nitrogen and oxygen atoms in total. The summed E-state index contributed by atoms with van der Waals surface area (Å²) < 4.78 is 0. The molecule has 16 heavy (non-hydrogen) atoms. The van der Waals surface area contributed by atoms with E-state index in [0.29, 0.717) is 10.0 Å². The molecule has 0 fully saturated rings. The van der Waals surface area contributed by atoms with Gasteiger partial charge in [-0.15, -0.1) is 12.4 Å². The van der Waals surface area contributed by atoms with Gasteiger partial charge in [-0.1, -0.05) is 29.3 Å². The zero-order valence-corrected chi connectivity index (χ0v) is 11.0. The molecule has 1 aromatic rings. The van der Waals surface area contributed by atoms with Gasteiger partial charge < -0.3 is 11.1 Å². The molecule has 0 bridgehead atoms. The van der Waals surface area contributed by atoms with Crippen molar-refractivity contribution < 1.29 is 4.79 Å². The summed E-state index contributed by atoms with van der Waals surface area (Å²) in [5.74, 6) is -0.200. The van der Waals surface area contributed by atoms with Gasteiger partial charge >= 0.3 is 0 Å². The second-order valence-electron chi connectivity index (χ2n) is 3.17. The molecule has 1 rings (SSSR count). The highest BCUT2D eigenvalue weighted by molar-refractivity contribution is 6.42. The van der Waals surface area contributed by atoms with Gasteiger partial charge in [0.25, 0.3) is 0 Å². The van der Waals surface area contributed by atoms with E-state index in [-0.39, 0.29) is 30.9 Å². The normalized spacial score (nSPS) is 11.5. The number of nitrogens with one attached hydrogen (secondary N) is 1. The Morgan fingerprint density at radius 2 is 2.06 bits per heavy atom. The number of carbonyl (C=O) groups is 1. The average molecular weight is 284 g/mol. The van der Waals surface area contributed by atoms with Crippen molar-refractivity contribution in [3.05, 3.63) is 33.8 Å². The van der Waals surface area contributed by atoms with E-state index in [9.17, 15) is 4.79 Å². The molecule has 0 saturated carbocycles. The summed E-state index contributed by atoms with van der Waals surface area (Å²) in [6.45, 7) is 1.83. The number of hydrogen-bond acceptors (Lipinski definition) is 2. The molecule has 90 valence electrons. The van der Waals surface area contributed by atoms with Crippen LogP contribution in [0.2, 0.25) is 10.0 Å². The Balaban J connectivity index is 0.00000225. The summed E-state index contributed by atoms with van der Waals surface area (Å²) >= 11 is 11.6. The first-order valence-corrected chi connectivity index (χ1v) is 5.24. The molecule has 6 heteroatoms. The number of carbonyl (C=O) groups excluding carboxylic acids is 1. The molecule has 0 aliphatic carbocycles. The van der Waals surface area contributed by atoms with Crippen molar-refractivity contribution in [2.24, 2.45) is 5.73 Å². The van der Waals surface area contributed by atoms with E-state index in [1.807, 2.05) is 13.0 Å². The largest absolute Gasteiger partial charge is 0.348 e. The van der Waals surface area contributed by atoms with Crippen LogP contribution in [0.15, 0.2) is 18.2 Å². The summed E-state index contributed by atoms with van der Waals surface area (Å²) in [5, 5.41) is 3.70. The first-order chi connectivity index (χ1) is 7.04. The van der Waals surface area contributed by atoms with Crippen LogP contribution in [0.4, 0.5) is 0 Å². The maximum absolute atomic E-state index is 11.1. The quantitative estimate of drug-likeness (QED) is 0.896. The summed E-state index contributed by atoms with van der Waals surface area (Å²) in [5.41, 5.74) is 6.09. The van der Waals surface area contributed by atoms with Crippen molar-refractivity contribution in [1.82, 2.24) is 5.32 Å². The number of halogens is 3. The van der Waals surface area contributed by atoms with Crippen molar-refractivity contribution >= 4 is 41.5 Å². The molecule has 1 unspecified atom stereocenters. The third-order valence-corrected chi connectivity index (χ3v) is 2.75. The first-order valence-electron chi connectivity index (χ1n) is 4.49. The van der Waals surface area contributed by atoms with Crippen LogP contribution in [0.25, 0.3) is 0 Å². The first kappa shape index (κ1) is 15.5. The lowest BCUT2D eigenvalue weighted by molar-refractivity contribution is -0.120. The van der Waals surface area contributed by atoms with Crippen molar-refractivity contribution in [1.29, 1.82) is 0 Å². The van der Waals surface area contributed by atoms with Crippen molar-refractivity contribution in [3.63, 3.8) is 0 Å². The van der Waals surface area contributed by atoms with Gasteiger partial charge in [0.1, 0.15) is 0 Å². The highest BCUT2D eigenvalue weighted by Crippen LogP contribution is 2.25. The second kappa shape index (κ2) is 6.97. The molecule has 0 aromatic heterocycles.